The molecule has 218 valence electrons. The number of para-hydroxylation sites is 1. The van der Waals surface area contributed by atoms with Crippen molar-refractivity contribution in [3.05, 3.63) is 131 Å². The number of aryl methyl sites for hydroxylation is 1. The molecule has 1 atom stereocenters. The minimum absolute atomic E-state index is 0.0157. The average Bonchev–Trinajstić information content (AvgIpc) is 2.99. The maximum absolute atomic E-state index is 14.2. The first-order chi connectivity index (χ1) is 20.1. The average molecular weight is 608 g/mol. The van der Waals surface area contributed by atoms with Gasteiger partial charge in [0.1, 0.15) is 18.4 Å². The van der Waals surface area contributed by atoms with E-state index in [0.29, 0.717) is 5.56 Å². The van der Waals surface area contributed by atoms with E-state index in [4.69, 9.17) is 11.6 Å². The summed E-state index contributed by atoms with van der Waals surface area (Å²) in [4.78, 5) is 28.8. The molecular formula is C32H31ClFN3O4S. The van der Waals surface area contributed by atoms with Crippen LogP contribution in [0.15, 0.2) is 108 Å². The molecule has 1 N–H and O–H groups in total. The molecule has 10 heteroatoms. The number of halogens is 2. The molecule has 42 heavy (non-hydrogen) atoms. The zero-order valence-electron chi connectivity index (χ0n) is 23.2. The van der Waals surface area contributed by atoms with Crippen molar-refractivity contribution in [1.29, 1.82) is 0 Å². The Morgan fingerprint density at radius 3 is 2.10 bits per heavy atom. The summed E-state index contributed by atoms with van der Waals surface area (Å²) in [5, 5.41) is 2.76. The highest BCUT2D eigenvalue weighted by Gasteiger charge is 2.35. The monoisotopic (exact) mass is 607 g/mol. The number of benzene rings is 4. The predicted molar refractivity (Wildman–Crippen MR) is 162 cm³/mol. The molecule has 0 radical (unpaired) electrons. The van der Waals surface area contributed by atoms with Gasteiger partial charge in [-0.2, -0.15) is 0 Å². The van der Waals surface area contributed by atoms with E-state index in [2.05, 4.69) is 5.32 Å². The highest BCUT2D eigenvalue weighted by atomic mass is 35.5. The number of hydrogen-bond acceptors (Lipinski definition) is 4. The van der Waals surface area contributed by atoms with Gasteiger partial charge in [-0.1, -0.05) is 83.9 Å². The SMILES string of the molecule is CNC(=O)[C@@H](Cc1ccccc1)N(Cc1ccc(F)cc1)C(=O)CN(c1ccccc1Cl)S(=O)(=O)c1ccc(C)cc1. The van der Waals surface area contributed by atoms with Crippen LogP contribution in [0, 0.1) is 12.7 Å². The Kier molecular flexibility index (Phi) is 9.98. The van der Waals surface area contributed by atoms with Crippen molar-refractivity contribution in [2.45, 2.75) is 30.8 Å². The lowest BCUT2D eigenvalue weighted by Gasteiger charge is -2.33. The van der Waals surface area contributed by atoms with Gasteiger partial charge in [0.05, 0.1) is 15.6 Å². The molecule has 0 unspecified atom stereocenters. The van der Waals surface area contributed by atoms with E-state index in [1.165, 1.54) is 60.5 Å². The van der Waals surface area contributed by atoms with Gasteiger partial charge in [0, 0.05) is 20.0 Å². The predicted octanol–water partition coefficient (Wildman–Crippen LogP) is 5.37. The Morgan fingerprint density at radius 2 is 1.48 bits per heavy atom. The van der Waals surface area contributed by atoms with Crippen LogP contribution in [0.5, 0.6) is 0 Å². The fourth-order valence-electron chi connectivity index (χ4n) is 4.51. The van der Waals surface area contributed by atoms with E-state index in [0.717, 1.165) is 15.4 Å². The lowest BCUT2D eigenvalue weighted by Crippen LogP contribution is -2.53. The van der Waals surface area contributed by atoms with Crippen LogP contribution in [0.3, 0.4) is 0 Å². The molecule has 0 saturated carbocycles. The number of nitrogens with one attached hydrogen (secondary N) is 1. The molecule has 7 nitrogen and oxygen atoms in total. The largest absolute Gasteiger partial charge is 0.357 e. The molecule has 0 heterocycles. The maximum Gasteiger partial charge on any atom is 0.264 e. The van der Waals surface area contributed by atoms with Crippen molar-refractivity contribution in [2.24, 2.45) is 0 Å². The van der Waals surface area contributed by atoms with Gasteiger partial charge in [-0.25, -0.2) is 12.8 Å². The normalized spacial score (nSPS) is 11.9. The van der Waals surface area contributed by atoms with Gasteiger partial charge >= 0.3 is 0 Å². The first kappa shape index (κ1) is 30.7. The second-order valence-corrected chi connectivity index (χ2v) is 12.0. The molecular weight excluding hydrogens is 577 g/mol. The zero-order valence-corrected chi connectivity index (χ0v) is 24.8. The van der Waals surface area contributed by atoms with Crippen LogP contribution in [0.4, 0.5) is 10.1 Å². The van der Waals surface area contributed by atoms with Crippen molar-refractivity contribution in [1.82, 2.24) is 10.2 Å². The standard InChI is InChI=1S/C32H31ClFN3O4S/c1-23-12-18-27(19-13-23)42(40,41)37(29-11-7-6-10-28(29)33)22-31(38)36(21-25-14-16-26(34)17-15-25)30(32(39)35-2)20-24-8-4-3-5-9-24/h3-19,30H,20-22H2,1-2H3,(H,35,39)/t30-/m1/s1. The fraction of sp³-hybridized carbons (Fsp3) is 0.188. The van der Waals surface area contributed by atoms with Crippen LogP contribution in [0.1, 0.15) is 16.7 Å². The van der Waals surface area contributed by atoms with E-state index in [1.54, 1.807) is 24.3 Å². The highest BCUT2D eigenvalue weighted by molar-refractivity contribution is 7.92. The number of likely N-dealkylation sites (N-methyl/N-ethyl adjacent to an activating group) is 1. The Balaban J connectivity index is 1.79. The van der Waals surface area contributed by atoms with Gasteiger partial charge in [-0.15, -0.1) is 0 Å². The molecule has 0 aliphatic rings. The third-order valence-electron chi connectivity index (χ3n) is 6.79. The van der Waals surface area contributed by atoms with Gasteiger partial charge in [0.25, 0.3) is 10.0 Å². The summed E-state index contributed by atoms with van der Waals surface area (Å²) in [7, 11) is -2.79. The Morgan fingerprint density at radius 1 is 0.857 bits per heavy atom. The summed E-state index contributed by atoms with van der Waals surface area (Å²) >= 11 is 6.46. The van der Waals surface area contributed by atoms with E-state index < -0.39 is 40.2 Å². The first-order valence-electron chi connectivity index (χ1n) is 13.2. The van der Waals surface area contributed by atoms with Gasteiger partial charge < -0.3 is 10.2 Å². The van der Waals surface area contributed by atoms with Gasteiger partial charge in [0.2, 0.25) is 11.8 Å². The lowest BCUT2D eigenvalue weighted by atomic mass is 10.0. The summed E-state index contributed by atoms with van der Waals surface area (Å²) in [6.45, 7) is 1.14. The minimum atomic E-state index is -4.26. The van der Waals surface area contributed by atoms with Gasteiger partial charge in [-0.05, 0) is 54.4 Å². The summed E-state index contributed by atoms with van der Waals surface area (Å²) in [6, 6.07) is 26.4. The summed E-state index contributed by atoms with van der Waals surface area (Å²) in [6.07, 6.45) is 0.171. The molecule has 0 spiro atoms. The minimum Gasteiger partial charge on any atom is -0.357 e. The molecule has 0 aromatic heterocycles. The molecule has 0 aliphatic heterocycles. The van der Waals surface area contributed by atoms with Crippen molar-refractivity contribution in [2.75, 3.05) is 17.9 Å². The topological polar surface area (TPSA) is 86.8 Å². The lowest BCUT2D eigenvalue weighted by molar-refractivity contribution is -0.139. The van der Waals surface area contributed by atoms with E-state index in [-0.39, 0.29) is 28.6 Å². The Hall–Kier alpha value is -4.21. The molecule has 0 fully saturated rings. The Bertz CT molecular complexity index is 1630. The van der Waals surface area contributed by atoms with Crippen LogP contribution >= 0.6 is 11.6 Å². The van der Waals surface area contributed by atoms with Crippen LogP contribution in [0.2, 0.25) is 5.02 Å². The summed E-state index contributed by atoms with van der Waals surface area (Å²) in [5.41, 5.74) is 2.36. The van der Waals surface area contributed by atoms with Gasteiger partial charge in [-0.3, -0.25) is 13.9 Å². The third kappa shape index (κ3) is 7.35. The highest BCUT2D eigenvalue weighted by Crippen LogP contribution is 2.31. The summed E-state index contributed by atoms with van der Waals surface area (Å²) in [5.74, 6) is -1.52. The number of hydrogen-bond donors (Lipinski definition) is 1. The van der Waals surface area contributed by atoms with Gasteiger partial charge in [0.15, 0.2) is 0 Å². The number of sulfonamides is 1. The van der Waals surface area contributed by atoms with E-state index in [1.807, 2.05) is 37.3 Å². The van der Waals surface area contributed by atoms with Crippen molar-refractivity contribution < 1.29 is 22.4 Å². The first-order valence-corrected chi connectivity index (χ1v) is 15.1. The van der Waals surface area contributed by atoms with Crippen molar-refractivity contribution >= 4 is 39.1 Å². The molecule has 0 saturated heterocycles. The number of amides is 2. The second kappa shape index (κ2) is 13.6. The van der Waals surface area contributed by atoms with E-state index >= 15 is 0 Å². The molecule has 4 rings (SSSR count). The molecule has 4 aromatic rings. The third-order valence-corrected chi connectivity index (χ3v) is 8.89. The fourth-order valence-corrected chi connectivity index (χ4v) is 6.23. The van der Waals surface area contributed by atoms with Crippen molar-refractivity contribution in [3.8, 4) is 0 Å². The zero-order chi connectivity index (χ0) is 30.3. The number of carbonyl (C=O) groups excluding carboxylic acids is 2. The van der Waals surface area contributed by atoms with E-state index in [9.17, 15) is 22.4 Å². The second-order valence-electron chi connectivity index (χ2n) is 9.74. The number of rotatable bonds is 11. The maximum atomic E-state index is 14.2. The smallest absolute Gasteiger partial charge is 0.264 e. The van der Waals surface area contributed by atoms with Crippen LogP contribution in [-0.4, -0.2) is 44.8 Å². The number of anilines is 1. The van der Waals surface area contributed by atoms with Crippen LogP contribution < -0.4 is 9.62 Å². The molecule has 2 amide bonds. The number of carbonyl (C=O) groups is 2. The quantitative estimate of drug-likeness (QED) is 0.248. The van der Waals surface area contributed by atoms with Crippen molar-refractivity contribution in [3.63, 3.8) is 0 Å². The molecule has 4 aromatic carbocycles. The Labute approximate surface area is 250 Å². The molecule has 0 bridgehead atoms. The van der Waals surface area contributed by atoms with Crippen LogP contribution in [0.25, 0.3) is 0 Å². The van der Waals surface area contributed by atoms with Crippen LogP contribution in [-0.2, 0) is 32.6 Å². The molecule has 0 aliphatic carbocycles. The summed E-state index contributed by atoms with van der Waals surface area (Å²) < 4.78 is 42.6. The number of nitrogens with zero attached hydrogens (tertiary/aromatic N) is 2.